The van der Waals surface area contributed by atoms with Gasteiger partial charge in [0.05, 0.1) is 23.5 Å². The topological polar surface area (TPSA) is 75.8 Å². The minimum atomic E-state index is -0.231. The molecule has 0 atom stereocenters. The first-order chi connectivity index (χ1) is 15.6. The predicted molar refractivity (Wildman–Crippen MR) is 120 cm³/mol. The molecule has 4 heterocycles. The lowest BCUT2D eigenvalue weighted by atomic mass is 10.1. The Kier molecular flexibility index (Phi) is 5.82. The van der Waals surface area contributed by atoms with Crippen molar-refractivity contribution in [1.82, 2.24) is 19.8 Å². The van der Waals surface area contributed by atoms with Crippen molar-refractivity contribution in [2.45, 2.75) is 25.8 Å². The van der Waals surface area contributed by atoms with Crippen molar-refractivity contribution >= 4 is 17.5 Å². The Morgan fingerprint density at radius 1 is 1.00 bits per heavy atom. The van der Waals surface area contributed by atoms with E-state index in [1.807, 2.05) is 20.8 Å². The number of nitrogens with one attached hydrogen (secondary N) is 1. The lowest BCUT2D eigenvalue weighted by molar-refractivity contribution is -0.133. The molecule has 1 amide bonds. The van der Waals surface area contributed by atoms with Gasteiger partial charge in [-0.05, 0) is 25.0 Å². The number of halogens is 1. The quantitative estimate of drug-likeness (QED) is 0.771. The molecule has 2 saturated heterocycles. The lowest BCUT2D eigenvalue weighted by Gasteiger charge is -2.37. The molecule has 1 aromatic heterocycles. The van der Waals surface area contributed by atoms with Gasteiger partial charge >= 0.3 is 0 Å². The number of benzene rings is 1. The van der Waals surface area contributed by atoms with Crippen LogP contribution in [0.3, 0.4) is 0 Å². The number of aromatic amines is 1. The van der Waals surface area contributed by atoms with E-state index in [2.05, 4.69) is 9.88 Å². The number of amides is 1. The van der Waals surface area contributed by atoms with Crippen molar-refractivity contribution in [3.8, 4) is 0 Å². The zero-order chi connectivity index (χ0) is 22.1. The Hall–Kier alpha value is -2.94. The first kappa shape index (κ1) is 20.9. The molecule has 8 nitrogen and oxygen atoms in total. The van der Waals surface area contributed by atoms with Crippen molar-refractivity contribution in [3.05, 3.63) is 51.7 Å². The molecule has 1 aromatic carbocycles. The van der Waals surface area contributed by atoms with E-state index in [9.17, 15) is 14.0 Å². The van der Waals surface area contributed by atoms with Gasteiger partial charge < -0.3 is 14.7 Å². The van der Waals surface area contributed by atoms with Gasteiger partial charge in [0.2, 0.25) is 11.9 Å². The molecule has 0 aliphatic carbocycles. The maximum Gasteiger partial charge on any atom is 0.257 e. The average Bonchev–Trinajstić information content (AvgIpc) is 3.35. The van der Waals surface area contributed by atoms with E-state index in [4.69, 9.17) is 4.98 Å². The van der Waals surface area contributed by atoms with Crippen molar-refractivity contribution in [1.29, 1.82) is 0 Å². The first-order valence-electron chi connectivity index (χ1n) is 11.4. The SMILES string of the molecule is O=C(CN1CCc2nc(N3CCCC3)[nH]c(=O)c2C1)N1CCN(c2ccccc2F)CC1. The van der Waals surface area contributed by atoms with Gasteiger partial charge in [0.25, 0.3) is 5.56 Å². The summed E-state index contributed by atoms with van der Waals surface area (Å²) < 4.78 is 14.0. The highest BCUT2D eigenvalue weighted by Crippen LogP contribution is 2.21. The summed E-state index contributed by atoms with van der Waals surface area (Å²) in [6, 6.07) is 6.75. The minimum absolute atomic E-state index is 0.0553. The van der Waals surface area contributed by atoms with Gasteiger partial charge in [-0.3, -0.25) is 19.5 Å². The highest BCUT2D eigenvalue weighted by Gasteiger charge is 2.28. The number of aromatic nitrogens is 2. The van der Waals surface area contributed by atoms with E-state index in [1.165, 1.54) is 6.07 Å². The first-order valence-corrected chi connectivity index (χ1v) is 11.4. The van der Waals surface area contributed by atoms with Crippen LogP contribution < -0.4 is 15.4 Å². The molecule has 3 aliphatic rings. The van der Waals surface area contributed by atoms with Crippen LogP contribution in [0.25, 0.3) is 0 Å². The molecule has 3 aliphatic heterocycles. The fraction of sp³-hybridized carbons (Fsp3) is 0.522. The highest BCUT2D eigenvalue weighted by atomic mass is 19.1. The summed E-state index contributed by atoms with van der Waals surface area (Å²) in [7, 11) is 0. The molecule has 0 bridgehead atoms. The summed E-state index contributed by atoms with van der Waals surface area (Å²) in [5.74, 6) is 0.509. The van der Waals surface area contributed by atoms with Crippen LogP contribution in [0.2, 0.25) is 0 Å². The molecule has 0 saturated carbocycles. The molecule has 170 valence electrons. The summed E-state index contributed by atoms with van der Waals surface area (Å²) >= 11 is 0. The summed E-state index contributed by atoms with van der Waals surface area (Å²) in [4.78, 5) is 41.2. The summed E-state index contributed by atoms with van der Waals surface area (Å²) in [6.45, 7) is 5.67. The second-order valence-electron chi connectivity index (χ2n) is 8.79. The minimum Gasteiger partial charge on any atom is -0.366 e. The molecule has 1 N–H and O–H groups in total. The molecule has 9 heteroatoms. The molecule has 32 heavy (non-hydrogen) atoms. The zero-order valence-electron chi connectivity index (χ0n) is 18.2. The van der Waals surface area contributed by atoms with Gasteiger partial charge in [-0.1, -0.05) is 12.1 Å². The number of para-hydroxylation sites is 1. The van der Waals surface area contributed by atoms with Crippen LogP contribution in [0, 0.1) is 5.82 Å². The average molecular weight is 441 g/mol. The third kappa shape index (κ3) is 4.21. The van der Waals surface area contributed by atoms with Gasteiger partial charge in [0.1, 0.15) is 5.82 Å². The molecule has 2 aromatic rings. The molecular weight excluding hydrogens is 411 g/mol. The van der Waals surface area contributed by atoms with Gasteiger partial charge in [-0.2, -0.15) is 0 Å². The van der Waals surface area contributed by atoms with Crippen LogP contribution in [0.15, 0.2) is 29.1 Å². The maximum absolute atomic E-state index is 14.0. The number of piperazine rings is 1. The standard InChI is InChI=1S/C23H29FN6O2/c24-18-5-1-2-6-20(18)28-11-13-29(14-12-28)21(31)16-27-10-7-19-17(15-27)22(32)26-23(25-19)30-8-3-4-9-30/h1-2,5-6H,3-4,7-16H2,(H,25,26,32). The Morgan fingerprint density at radius 2 is 1.75 bits per heavy atom. The van der Waals surface area contributed by atoms with E-state index in [1.54, 1.807) is 12.1 Å². The van der Waals surface area contributed by atoms with Crippen molar-refractivity contribution in [2.75, 3.05) is 62.2 Å². The van der Waals surface area contributed by atoms with Crippen LogP contribution >= 0.6 is 0 Å². The van der Waals surface area contributed by atoms with Crippen molar-refractivity contribution in [3.63, 3.8) is 0 Å². The second kappa shape index (κ2) is 8.90. The number of anilines is 2. The smallest absolute Gasteiger partial charge is 0.257 e. The fourth-order valence-electron chi connectivity index (χ4n) is 4.88. The Bertz CT molecular complexity index is 1040. The number of carbonyl (C=O) groups is 1. The van der Waals surface area contributed by atoms with Crippen molar-refractivity contribution in [2.24, 2.45) is 0 Å². The molecule has 2 fully saturated rings. The van der Waals surface area contributed by atoms with Crippen LogP contribution in [0.4, 0.5) is 16.0 Å². The Balaban J connectivity index is 1.18. The third-order valence-corrected chi connectivity index (χ3v) is 6.73. The van der Waals surface area contributed by atoms with Crippen LogP contribution in [0.1, 0.15) is 24.1 Å². The normalized spacial score (nSPS) is 19.3. The fourth-order valence-corrected chi connectivity index (χ4v) is 4.88. The van der Waals surface area contributed by atoms with Crippen molar-refractivity contribution < 1.29 is 9.18 Å². The Labute approximate surface area is 186 Å². The van der Waals surface area contributed by atoms with E-state index in [0.717, 1.165) is 31.6 Å². The Morgan fingerprint density at radius 3 is 2.50 bits per heavy atom. The number of fused-ring (bicyclic) bond motifs is 1. The van der Waals surface area contributed by atoms with E-state index >= 15 is 0 Å². The van der Waals surface area contributed by atoms with Gasteiger partial charge in [0.15, 0.2) is 0 Å². The molecule has 0 radical (unpaired) electrons. The van der Waals surface area contributed by atoms with Crippen LogP contribution in [-0.4, -0.2) is 78.0 Å². The monoisotopic (exact) mass is 440 g/mol. The number of H-pyrrole nitrogens is 1. The second-order valence-corrected chi connectivity index (χ2v) is 8.79. The number of rotatable bonds is 4. The molecular formula is C23H29FN6O2. The number of carbonyl (C=O) groups excluding carboxylic acids is 1. The predicted octanol–water partition coefficient (Wildman–Crippen LogP) is 1.22. The largest absolute Gasteiger partial charge is 0.366 e. The number of hydrogen-bond acceptors (Lipinski definition) is 6. The molecule has 0 spiro atoms. The number of hydrogen-bond donors (Lipinski definition) is 1. The molecule has 5 rings (SSSR count). The van der Waals surface area contributed by atoms with Gasteiger partial charge in [0, 0.05) is 58.8 Å². The van der Waals surface area contributed by atoms with E-state index in [0.29, 0.717) is 62.9 Å². The maximum atomic E-state index is 14.0. The third-order valence-electron chi connectivity index (χ3n) is 6.73. The highest BCUT2D eigenvalue weighted by molar-refractivity contribution is 5.78. The van der Waals surface area contributed by atoms with Crippen LogP contribution in [-0.2, 0) is 17.8 Å². The number of nitrogens with zero attached hydrogens (tertiary/aromatic N) is 5. The van der Waals surface area contributed by atoms with E-state index in [-0.39, 0.29) is 23.8 Å². The lowest BCUT2D eigenvalue weighted by Crippen LogP contribution is -2.52. The van der Waals surface area contributed by atoms with Gasteiger partial charge in [-0.15, -0.1) is 0 Å². The molecule has 0 unspecified atom stereocenters. The zero-order valence-corrected chi connectivity index (χ0v) is 18.2. The summed E-state index contributed by atoms with van der Waals surface area (Å²) in [5.41, 5.74) is 2.04. The summed E-state index contributed by atoms with van der Waals surface area (Å²) in [6.07, 6.45) is 2.94. The van der Waals surface area contributed by atoms with Gasteiger partial charge in [-0.25, -0.2) is 9.37 Å². The van der Waals surface area contributed by atoms with Crippen LogP contribution in [0.5, 0.6) is 0 Å². The van der Waals surface area contributed by atoms with E-state index < -0.39 is 0 Å². The summed E-state index contributed by atoms with van der Waals surface area (Å²) in [5, 5.41) is 0.